The number of likely N-dealkylation sites (N-methyl/N-ethyl adjacent to an activating group) is 1. The number of H-pyrrole nitrogens is 1. The van der Waals surface area contributed by atoms with Gasteiger partial charge >= 0.3 is 0 Å². The molecule has 0 saturated carbocycles. The topological polar surface area (TPSA) is 167 Å². The van der Waals surface area contributed by atoms with Crippen LogP contribution in [0.5, 0.6) is 0 Å². The first kappa shape index (κ1) is 25.2. The summed E-state index contributed by atoms with van der Waals surface area (Å²) in [5.74, 6) is -0.747. The molecule has 0 aliphatic heterocycles. The van der Waals surface area contributed by atoms with Gasteiger partial charge in [0.2, 0.25) is 0 Å². The van der Waals surface area contributed by atoms with Gasteiger partial charge in [0.05, 0.1) is 12.3 Å². The number of benzene rings is 2. The molecule has 10 heteroatoms. The minimum absolute atomic E-state index is 0.208. The van der Waals surface area contributed by atoms with Crippen molar-refractivity contribution in [3.63, 3.8) is 0 Å². The Hall–Kier alpha value is -3.41. The minimum atomic E-state index is -1.85. The summed E-state index contributed by atoms with van der Waals surface area (Å²) in [5, 5.41) is 55.2. The van der Waals surface area contributed by atoms with Crippen LogP contribution in [0.1, 0.15) is 10.4 Å². The molecule has 2 aromatic carbocycles. The van der Waals surface area contributed by atoms with Gasteiger partial charge in [-0.3, -0.25) is 9.59 Å². The number of aliphatic hydroxyl groups excluding tert-OH is 5. The molecule has 0 bridgehead atoms. The maximum absolute atomic E-state index is 13.4. The number of aliphatic hydroxyl groups is 5. The zero-order valence-electron chi connectivity index (χ0n) is 18.4. The molecule has 0 spiro atoms. The van der Waals surface area contributed by atoms with Crippen LogP contribution in [0, 0.1) is 0 Å². The number of rotatable bonds is 9. The Kier molecular flexibility index (Phi) is 8.26. The van der Waals surface area contributed by atoms with Crippen molar-refractivity contribution >= 4 is 5.91 Å². The van der Waals surface area contributed by atoms with Gasteiger partial charge in [0.15, 0.2) is 0 Å². The van der Waals surface area contributed by atoms with Crippen LogP contribution in [0.25, 0.3) is 22.4 Å². The monoisotopic (exact) mass is 469 g/mol. The van der Waals surface area contributed by atoms with E-state index in [1.165, 1.54) is 7.05 Å². The summed E-state index contributed by atoms with van der Waals surface area (Å²) in [4.78, 5) is 27.2. The third-order valence-corrected chi connectivity index (χ3v) is 5.44. The van der Waals surface area contributed by atoms with E-state index in [9.17, 15) is 30.0 Å². The largest absolute Gasteiger partial charge is 0.394 e. The Labute approximate surface area is 195 Å². The molecule has 4 atom stereocenters. The Bertz CT molecular complexity index is 1150. The second-order valence-electron chi connectivity index (χ2n) is 7.87. The normalized spacial score (nSPS) is 14.8. The van der Waals surface area contributed by atoms with E-state index in [4.69, 9.17) is 5.11 Å². The molecule has 0 aliphatic carbocycles. The number of aromatic amines is 1. The van der Waals surface area contributed by atoms with Crippen molar-refractivity contribution in [3.8, 4) is 22.4 Å². The maximum Gasteiger partial charge on any atom is 0.277 e. The van der Waals surface area contributed by atoms with Gasteiger partial charge in [-0.15, -0.1) is 0 Å². The van der Waals surface area contributed by atoms with Crippen LogP contribution >= 0.6 is 0 Å². The quantitative estimate of drug-likeness (QED) is 0.246. The number of hydrogen-bond donors (Lipinski definition) is 6. The highest BCUT2D eigenvalue weighted by molar-refractivity contribution is 6.03. The van der Waals surface area contributed by atoms with Gasteiger partial charge in [-0.1, -0.05) is 60.7 Å². The first-order valence-corrected chi connectivity index (χ1v) is 10.6. The predicted molar refractivity (Wildman–Crippen MR) is 124 cm³/mol. The molecule has 0 radical (unpaired) electrons. The van der Waals surface area contributed by atoms with Crippen molar-refractivity contribution in [1.29, 1.82) is 0 Å². The number of carbonyl (C=O) groups excluding carboxylic acids is 1. The molecular formula is C24H27N3O7. The van der Waals surface area contributed by atoms with Crippen LogP contribution in [0.15, 0.2) is 65.5 Å². The third kappa shape index (κ3) is 5.38. The molecule has 1 heterocycles. The van der Waals surface area contributed by atoms with Gasteiger partial charge in [0, 0.05) is 24.7 Å². The lowest BCUT2D eigenvalue weighted by molar-refractivity contribution is -0.117. The number of aromatic nitrogens is 2. The van der Waals surface area contributed by atoms with E-state index in [1.807, 2.05) is 6.07 Å². The lowest BCUT2D eigenvalue weighted by Gasteiger charge is -2.28. The van der Waals surface area contributed by atoms with Crippen LogP contribution in [-0.4, -0.2) is 91.2 Å². The fourth-order valence-corrected chi connectivity index (χ4v) is 3.57. The van der Waals surface area contributed by atoms with Crippen LogP contribution in [0.4, 0.5) is 0 Å². The summed E-state index contributed by atoms with van der Waals surface area (Å²) >= 11 is 0. The highest BCUT2D eigenvalue weighted by Crippen LogP contribution is 2.32. The summed E-state index contributed by atoms with van der Waals surface area (Å²) in [6, 6.07) is 17.8. The molecule has 3 aromatic rings. The Morgan fingerprint density at radius 1 is 0.912 bits per heavy atom. The molecule has 4 unspecified atom stereocenters. The van der Waals surface area contributed by atoms with Gasteiger partial charge < -0.3 is 30.4 Å². The van der Waals surface area contributed by atoms with Gasteiger partial charge in [-0.25, -0.2) is 5.10 Å². The van der Waals surface area contributed by atoms with E-state index in [-0.39, 0.29) is 5.56 Å². The van der Waals surface area contributed by atoms with Gasteiger partial charge in [-0.05, 0) is 5.56 Å². The highest BCUT2D eigenvalue weighted by Gasteiger charge is 2.32. The maximum atomic E-state index is 13.4. The molecule has 0 saturated heterocycles. The average molecular weight is 469 g/mol. The standard InChI is InChI=1S/C24H27N3O7/c1-27(12-16(29)21(31)22(32)17(30)13-28)24(34)19-18(14-8-4-2-5-9-14)20(25-26-23(19)33)15-10-6-3-7-11-15/h2-11,16-17,21-22,28-32H,12-13H2,1H3,(H,26,33). The molecule has 10 nitrogen and oxygen atoms in total. The van der Waals surface area contributed by atoms with E-state index >= 15 is 0 Å². The molecule has 6 N–H and O–H groups in total. The summed E-state index contributed by atoms with van der Waals surface area (Å²) in [5.41, 5.74) is 0.995. The first-order valence-electron chi connectivity index (χ1n) is 10.6. The number of amides is 1. The summed E-state index contributed by atoms with van der Waals surface area (Å²) in [7, 11) is 1.32. The molecule has 180 valence electrons. The SMILES string of the molecule is CN(CC(O)C(O)C(O)C(O)CO)C(=O)c1c(-c2ccccc2)c(-c2ccccc2)n[nH]c1=O. The molecule has 0 fully saturated rings. The Morgan fingerprint density at radius 2 is 1.44 bits per heavy atom. The lowest BCUT2D eigenvalue weighted by atomic mass is 9.95. The van der Waals surface area contributed by atoms with Crippen molar-refractivity contribution < 1.29 is 30.3 Å². The van der Waals surface area contributed by atoms with Crippen LogP contribution in [0.3, 0.4) is 0 Å². The van der Waals surface area contributed by atoms with Gasteiger partial charge in [0.1, 0.15) is 30.0 Å². The van der Waals surface area contributed by atoms with E-state index in [1.54, 1.807) is 54.6 Å². The van der Waals surface area contributed by atoms with Crippen molar-refractivity contribution in [2.45, 2.75) is 24.4 Å². The second-order valence-corrected chi connectivity index (χ2v) is 7.87. The van der Waals surface area contributed by atoms with E-state index in [2.05, 4.69) is 10.2 Å². The Morgan fingerprint density at radius 3 is 2.00 bits per heavy atom. The number of nitrogens with one attached hydrogen (secondary N) is 1. The first-order chi connectivity index (χ1) is 16.3. The lowest BCUT2D eigenvalue weighted by Crippen LogP contribution is -2.50. The minimum Gasteiger partial charge on any atom is -0.394 e. The molecule has 1 amide bonds. The zero-order valence-corrected chi connectivity index (χ0v) is 18.4. The number of nitrogens with zero attached hydrogens (tertiary/aromatic N) is 2. The summed E-state index contributed by atoms with van der Waals surface area (Å²) in [6.07, 6.45) is -7.02. The Balaban J connectivity index is 2.02. The van der Waals surface area contributed by atoms with Crippen molar-refractivity contribution in [3.05, 3.63) is 76.6 Å². The summed E-state index contributed by atoms with van der Waals surface area (Å²) < 4.78 is 0. The number of hydrogen-bond acceptors (Lipinski definition) is 8. The zero-order chi connectivity index (χ0) is 24.8. The fraction of sp³-hybridized carbons (Fsp3) is 0.292. The van der Waals surface area contributed by atoms with Crippen molar-refractivity contribution in [2.24, 2.45) is 0 Å². The van der Waals surface area contributed by atoms with Crippen LogP contribution in [0.2, 0.25) is 0 Å². The van der Waals surface area contributed by atoms with Gasteiger partial charge in [0.25, 0.3) is 11.5 Å². The van der Waals surface area contributed by atoms with E-state index in [0.717, 1.165) is 4.90 Å². The molecular weight excluding hydrogens is 442 g/mol. The second kappa shape index (κ2) is 11.1. The molecule has 0 aliphatic rings. The summed E-state index contributed by atoms with van der Waals surface area (Å²) in [6.45, 7) is -1.29. The average Bonchev–Trinajstić information content (AvgIpc) is 2.87. The van der Waals surface area contributed by atoms with E-state index < -0.39 is 49.0 Å². The van der Waals surface area contributed by atoms with Crippen molar-refractivity contribution in [1.82, 2.24) is 15.1 Å². The molecule has 3 rings (SSSR count). The van der Waals surface area contributed by atoms with Crippen molar-refractivity contribution in [2.75, 3.05) is 20.2 Å². The molecule has 34 heavy (non-hydrogen) atoms. The third-order valence-electron chi connectivity index (χ3n) is 5.44. The van der Waals surface area contributed by atoms with E-state index in [0.29, 0.717) is 22.4 Å². The van der Waals surface area contributed by atoms with Crippen LogP contribution < -0.4 is 5.56 Å². The van der Waals surface area contributed by atoms with Gasteiger partial charge in [-0.2, -0.15) is 5.10 Å². The predicted octanol–water partition coefficient (Wildman–Crippen LogP) is -0.388. The number of carbonyl (C=O) groups is 1. The van der Waals surface area contributed by atoms with Crippen LogP contribution in [-0.2, 0) is 0 Å². The molecule has 1 aromatic heterocycles. The smallest absolute Gasteiger partial charge is 0.277 e. The fourth-order valence-electron chi connectivity index (χ4n) is 3.57. The highest BCUT2D eigenvalue weighted by atomic mass is 16.4.